The summed E-state index contributed by atoms with van der Waals surface area (Å²) in [6.07, 6.45) is 0. The summed E-state index contributed by atoms with van der Waals surface area (Å²) in [6, 6.07) is 0.0709. The van der Waals surface area contributed by atoms with Crippen LogP contribution in [0.15, 0.2) is 0 Å². The fourth-order valence-electron chi connectivity index (χ4n) is 0.823. The first-order valence-corrected chi connectivity index (χ1v) is 6.15. The van der Waals surface area contributed by atoms with Gasteiger partial charge in [0.25, 0.3) is 0 Å². The van der Waals surface area contributed by atoms with E-state index in [1.807, 2.05) is 13.8 Å². The standard InChI is InChI=1S/C7H15N5O3S/c1-5(2)4-8-16(13,14)12-6-9-7(15-3)11-10-6/h5,8H,4H2,1-3H3,(H2,9,10,11,12). The molecule has 92 valence electrons. The molecule has 0 aliphatic rings. The van der Waals surface area contributed by atoms with Crippen LogP contribution in [0.5, 0.6) is 6.01 Å². The van der Waals surface area contributed by atoms with E-state index in [9.17, 15) is 8.42 Å². The van der Waals surface area contributed by atoms with Gasteiger partial charge in [0.05, 0.1) is 7.11 Å². The van der Waals surface area contributed by atoms with Gasteiger partial charge in [0.2, 0.25) is 5.95 Å². The Morgan fingerprint density at radius 3 is 2.69 bits per heavy atom. The molecular formula is C7H15N5O3S. The van der Waals surface area contributed by atoms with Crippen molar-refractivity contribution in [3.8, 4) is 6.01 Å². The van der Waals surface area contributed by atoms with Gasteiger partial charge in [0.1, 0.15) is 0 Å². The molecule has 0 aliphatic carbocycles. The number of ether oxygens (including phenoxy) is 1. The topological polar surface area (TPSA) is 109 Å². The average molecular weight is 249 g/mol. The summed E-state index contributed by atoms with van der Waals surface area (Å²) in [7, 11) is -2.23. The minimum atomic E-state index is -3.61. The highest BCUT2D eigenvalue weighted by atomic mass is 32.2. The molecule has 0 bridgehead atoms. The van der Waals surface area contributed by atoms with Crippen LogP contribution in [0.4, 0.5) is 5.95 Å². The molecule has 0 radical (unpaired) electrons. The lowest BCUT2D eigenvalue weighted by molar-refractivity contribution is 0.382. The molecule has 16 heavy (non-hydrogen) atoms. The largest absolute Gasteiger partial charge is 0.466 e. The predicted molar refractivity (Wildman–Crippen MR) is 58.3 cm³/mol. The molecular weight excluding hydrogens is 234 g/mol. The van der Waals surface area contributed by atoms with Crippen molar-refractivity contribution in [3.05, 3.63) is 0 Å². The predicted octanol–water partition coefficient (Wildman–Crippen LogP) is -0.284. The summed E-state index contributed by atoms with van der Waals surface area (Å²) in [5.74, 6) is 0.231. The lowest BCUT2D eigenvalue weighted by Gasteiger charge is -2.08. The molecule has 8 nitrogen and oxygen atoms in total. The van der Waals surface area contributed by atoms with E-state index in [2.05, 4.69) is 24.6 Å². The smallest absolute Gasteiger partial charge is 0.336 e. The number of nitrogens with one attached hydrogen (secondary N) is 3. The highest BCUT2D eigenvalue weighted by molar-refractivity contribution is 7.90. The molecule has 0 saturated carbocycles. The van der Waals surface area contributed by atoms with Crippen LogP contribution in [0, 0.1) is 5.92 Å². The van der Waals surface area contributed by atoms with Crippen LogP contribution in [0.1, 0.15) is 13.8 Å². The van der Waals surface area contributed by atoms with E-state index < -0.39 is 10.2 Å². The van der Waals surface area contributed by atoms with Crippen molar-refractivity contribution in [3.63, 3.8) is 0 Å². The van der Waals surface area contributed by atoms with Crippen molar-refractivity contribution in [2.24, 2.45) is 5.92 Å². The second-order valence-electron chi connectivity index (χ2n) is 3.52. The number of hydrogen-bond donors (Lipinski definition) is 3. The summed E-state index contributed by atoms with van der Waals surface area (Å²) in [6.45, 7) is 4.15. The van der Waals surface area contributed by atoms with Gasteiger partial charge in [0.15, 0.2) is 0 Å². The number of rotatable bonds is 6. The van der Waals surface area contributed by atoms with Crippen LogP contribution in [0.2, 0.25) is 0 Å². The summed E-state index contributed by atoms with van der Waals surface area (Å²) >= 11 is 0. The maximum atomic E-state index is 11.5. The number of aromatic amines is 1. The van der Waals surface area contributed by atoms with E-state index in [1.165, 1.54) is 7.11 Å². The monoisotopic (exact) mass is 249 g/mol. The van der Waals surface area contributed by atoms with Crippen molar-refractivity contribution >= 4 is 16.2 Å². The third-order valence-electron chi connectivity index (χ3n) is 1.56. The lowest BCUT2D eigenvalue weighted by Crippen LogP contribution is -2.33. The molecule has 0 aliphatic heterocycles. The summed E-state index contributed by atoms with van der Waals surface area (Å²) in [5, 5.41) is 5.99. The second kappa shape index (κ2) is 5.12. The Balaban J connectivity index is 2.58. The Bertz CT molecular complexity index is 427. The quantitative estimate of drug-likeness (QED) is 0.642. The first kappa shape index (κ1) is 12.7. The molecule has 0 spiro atoms. The molecule has 1 aromatic heterocycles. The number of hydrogen-bond acceptors (Lipinski definition) is 5. The molecule has 9 heteroatoms. The van der Waals surface area contributed by atoms with Crippen LogP contribution in [-0.4, -0.2) is 37.3 Å². The van der Waals surface area contributed by atoms with Crippen LogP contribution in [0.25, 0.3) is 0 Å². The van der Waals surface area contributed by atoms with Crippen LogP contribution in [0.3, 0.4) is 0 Å². The van der Waals surface area contributed by atoms with Gasteiger partial charge in [-0.2, -0.15) is 18.1 Å². The van der Waals surface area contributed by atoms with Crippen molar-refractivity contribution in [2.75, 3.05) is 18.4 Å². The van der Waals surface area contributed by atoms with E-state index in [1.54, 1.807) is 0 Å². The van der Waals surface area contributed by atoms with Gasteiger partial charge >= 0.3 is 16.2 Å². The zero-order valence-electron chi connectivity index (χ0n) is 9.31. The van der Waals surface area contributed by atoms with Gasteiger partial charge < -0.3 is 4.74 Å². The highest BCUT2D eigenvalue weighted by Gasteiger charge is 2.13. The molecule has 0 atom stereocenters. The van der Waals surface area contributed by atoms with Gasteiger partial charge in [-0.3, -0.25) is 0 Å². The normalized spacial score (nSPS) is 11.8. The van der Waals surface area contributed by atoms with E-state index in [0.29, 0.717) is 6.54 Å². The van der Waals surface area contributed by atoms with Gasteiger partial charge in [-0.25, -0.2) is 9.82 Å². The minimum absolute atomic E-state index is 0.00751. The zero-order chi connectivity index (χ0) is 12.2. The summed E-state index contributed by atoms with van der Waals surface area (Å²) in [5.41, 5.74) is 0. The van der Waals surface area contributed by atoms with Crippen molar-refractivity contribution in [2.45, 2.75) is 13.8 Å². The molecule has 0 aromatic carbocycles. The number of aromatic nitrogens is 3. The Kier molecular flexibility index (Phi) is 4.07. The molecule has 1 heterocycles. The Morgan fingerprint density at radius 2 is 2.19 bits per heavy atom. The van der Waals surface area contributed by atoms with E-state index in [-0.39, 0.29) is 17.9 Å². The fourth-order valence-corrected chi connectivity index (χ4v) is 1.79. The third kappa shape index (κ3) is 4.03. The van der Waals surface area contributed by atoms with Crippen LogP contribution >= 0.6 is 0 Å². The molecule has 1 rings (SSSR count). The van der Waals surface area contributed by atoms with Crippen molar-refractivity contribution in [1.29, 1.82) is 0 Å². The molecule has 0 unspecified atom stereocenters. The van der Waals surface area contributed by atoms with E-state index in [4.69, 9.17) is 4.74 Å². The molecule has 0 saturated heterocycles. The SMILES string of the molecule is COc1n[nH]c(NS(=O)(=O)NCC(C)C)n1. The number of methoxy groups -OCH3 is 1. The number of anilines is 1. The Labute approximate surface area is 94.0 Å². The number of nitrogens with zero attached hydrogens (tertiary/aromatic N) is 2. The second-order valence-corrected chi connectivity index (χ2v) is 5.02. The lowest BCUT2D eigenvalue weighted by atomic mass is 10.2. The molecule has 3 N–H and O–H groups in total. The van der Waals surface area contributed by atoms with Crippen LogP contribution in [-0.2, 0) is 10.2 Å². The average Bonchev–Trinajstić information content (AvgIpc) is 2.62. The Hall–Kier alpha value is -1.35. The minimum Gasteiger partial charge on any atom is -0.466 e. The van der Waals surface area contributed by atoms with Gasteiger partial charge in [-0.1, -0.05) is 13.8 Å². The summed E-state index contributed by atoms with van der Waals surface area (Å²) in [4.78, 5) is 3.72. The molecule has 0 fully saturated rings. The van der Waals surface area contributed by atoms with E-state index >= 15 is 0 Å². The first-order chi connectivity index (χ1) is 7.43. The maximum absolute atomic E-state index is 11.5. The first-order valence-electron chi connectivity index (χ1n) is 4.66. The summed E-state index contributed by atoms with van der Waals surface area (Å²) < 4.78 is 32.1. The van der Waals surface area contributed by atoms with Gasteiger partial charge in [-0.05, 0) is 5.92 Å². The van der Waals surface area contributed by atoms with Gasteiger partial charge in [0, 0.05) is 6.54 Å². The fraction of sp³-hybridized carbons (Fsp3) is 0.714. The van der Waals surface area contributed by atoms with Crippen molar-refractivity contribution in [1.82, 2.24) is 19.9 Å². The molecule has 0 amide bonds. The van der Waals surface area contributed by atoms with E-state index in [0.717, 1.165) is 0 Å². The zero-order valence-corrected chi connectivity index (χ0v) is 10.1. The molecule has 1 aromatic rings. The van der Waals surface area contributed by atoms with Crippen LogP contribution < -0.4 is 14.2 Å². The Morgan fingerprint density at radius 1 is 1.50 bits per heavy atom. The maximum Gasteiger partial charge on any atom is 0.336 e. The van der Waals surface area contributed by atoms with Gasteiger partial charge in [-0.15, -0.1) is 5.10 Å². The number of H-pyrrole nitrogens is 1. The highest BCUT2D eigenvalue weighted by Crippen LogP contribution is 2.05. The van der Waals surface area contributed by atoms with Crippen molar-refractivity contribution < 1.29 is 13.2 Å². The third-order valence-corrected chi connectivity index (χ3v) is 2.57.